The molecule has 6 heteroatoms. The molecule has 0 saturated heterocycles. The van der Waals surface area contributed by atoms with E-state index in [2.05, 4.69) is 10.5 Å². The molecule has 1 atom stereocenters. The average Bonchev–Trinajstić information content (AvgIpc) is 2.74. The number of hydrogen-bond donors (Lipinski definition) is 1. The van der Waals surface area contributed by atoms with Crippen molar-refractivity contribution in [1.29, 1.82) is 0 Å². The van der Waals surface area contributed by atoms with E-state index >= 15 is 0 Å². The van der Waals surface area contributed by atoms with Crippen molar-refractivity contribution in [3.8, 4) is 17.2 Å². The summed E-state index contributed by atoms with van der Waals surface area (Å²) >= 11 is 0. The highest BCUT2D eigenvalue weighted by atomic mass is 16.6. The van der Waals surface area contributed by atoms with Crippen molar-refractivity contribution in [1.82, 2.24) is 5.43 Å². The van der Waals surface area contributed by atoms with Crippen LogP contribution in [-0.4, -0.2) is 31.4 Å². The first-order chi connectivity index (χ1) is 13.8. The predicted octanol–water partition coefficient (Wildman–Crippen LogP) is 3.53. The summed E-state index contributed by atoms with van der Waals surface area (Å²) in [6.07, 6.45) is 0.842. The van der Waals surface area contributed by atoms with Crippen molar-refractivity contribution in [2.75, 3.05) is 13.2 Å². The van der Waals surface area contributed by atoms with Crippen LogP contribution in [0.25, 0.3) is 10.8 Å². The molecule has 1 N–H and O–H groups in total. The zero-order chi connectivity index (χ0) is 19.3. The highest BCUT2D eigenvalue weighted by Gasteiger charge is 2.27. The molecule has 1 aliphatic heterocycles. The molecular formula is C22H20N2O4. The fraction of sp³-hybridized carbons (Fsp3) is 0.182. The van der Waals surface area contributed by atoms with Crippen molar-refractivity contribution in [2.24, 2.45) is 5.10 Å². The highest BCUT2D eigenvalue weighted by Crippen LogP contribution is 2.31. The van der Waals surface area contributed by atoms with Crippen LogP contribution in [0.15, 0.2) is 65.8 Å². The van der Waals surface area contributed by atoms with Crippen LogP contribution in [0.1, 0.15) is 12.5 Å². The summed E-state index contributed by atoms with van der Waals surface area (Å²) in [5, 5.41) is 6.19. The molecule has 0 spiro atoms. The number of ether oxygens (including phenoxy) is 3. The topological polar surface area (TPSA) is 69.2 Å². The van der Waals surface area contributed by atoms with E-state index in [0.717, 1.165) is 16.3 Å². The molecule has 0 bridgehead atoms. The number of fused-ring (bicyclic) bond motifs is 2. The second-order valence-electron chi connectivity index (χ2n) is 6.23. The SMILES string of the molecule is CCOc1ccc2ccccc2c1/C=N\NC(=O)[C@H]1COc2ccccc2O1. The van der Waals surface area contributed by atoms with Crippen LogP contribution in [-0.2, 0) is 4.79 Å². The Bertz CT molecular complexity index is 1030. The second-order valence-corrected chi connectivity index (χ2v) is 6.23. The van der Waals surface area contributed by atoms with Crippen LogP contribution in [0.3, 0.4) is 0 Å². The number of carbonyl (C=O) groups is 1. The van der Waals surface area contributed by atoms with Crippen molar-refractivity contribution < 1.29 is 19.0 Å². The lowest BCUT2D eigenvalue weighted by molar-refractivity contribution is -0.130. The van der Waals surface area contributed by atoms with E-state index < -0.39 is 6.10 Å². The zero-order valence-corrected chi connectivity index (χ0v) is 15.4. The lowest BCUT2D eigenvalue weighted by Crippen LogP contribution is -2.42. The molecule has 0 fully saturated rings. The molecule has 28 heavy (non-hydrogen) atoms. The van der Waals surface area contributed by atoms with Gasteiger partial charge in [0.15, 0.2) is 11.5 Å². The van der Waals surface area contributed by atoms with E-state index in [1.807, 2.05) is 55.5 Å². The Balaban J connectivity index is 1.51. The Labute approximate surface area is 162 Å². The van der Waals surface area contributed by atoms with Gasteiger partial charge in [-0.2, -0.15) is 5.10 Å². The minimum Gasteiger partial charge on any atom is -0.493 e. The van der Waals surface area contributed by atoms with E-state index in [1.54, 1.807) is 18.3 Å². The quantitative estimate of drug-likeness (QED) is 0.546. The van der Waals surface area contributed by atoms with E-state index in [1.165, 1.54) is 0 Å². The van der Waals surface area contributed by atoms with Gasteiger partial charge in [0.25, 0.3) is 5.91 Å². The molecule has 0 aromatic heterocycles. The van der Waals surface area contributed by atoms with Gasteiger partial charge in [-0.1, -0.05) is 42.5 Å². The van der Waals surface area contributed by atoms with E-state index in [0.29, 0.717) is 23.9 Å². The van der Waals surface area contributed by atoms with Gasteiger partial charge in [-0.15, -0.1) is 0 Å². The third-order valence-electron chi connectivity index (χ3n) is 4.40. The Hall–Kier alpha value is -3.54. The molecule has 0 saturated carbocycles. The van der Waals surface area contributed by atoms with Gasteiger partial charge in [-0.25, -0.2) is 5.43 Å². The van der Waals surface area contributed by atoms with Gasteiger partial charge in [-0.05, 0) is 35.9 Å². The molecule has 1 heterocycles. The first-order valence-electron chi connectivity index (χ1n) is 9.12. The number of para-hydroxylation sites is 2. The number of benzene rings is 3. The largest absolute Gasteiger partial charge is 0.493 e. The predicted molar refractivity (Wildman–Crippen MR) is 107 cm³/mol. The molecule has 1 amide bonds. The van der Waals surface area contributed by atoms with Gasteiger partial charge in [0, 0.05) is 5.56 Å². The lowest BCUT2D eigenvalue weighted by Gasteiger charge is -2.24. The number of hydrazone groups is 1. The molecule has 0 unspecified atom stereocenters. The molecule has 142 valence electrons. The van der Waals surface area contributed by atoms with Crippen molar-refractivity contribution in [3.05, 3.63) is 66.2 Å². The summed E-state index contributed by atoms with van der Waals surface area (Å²) in [6, 6.07) is 19.1. The number of carbonyl (C=O) groups excluding carboxylic acids is 1. The Morgan fingerprint density at radius 3 is 2.79 bits per heavy atom. The zero-order valence-electron chi connectivity index (χ0n) is 15.4. The van der Waals surface area contributed by atoms with Crippen LogP contribution < -0.4 is 19.6 Å². The first kappa shape index (κ1) is 17.9. The number of nitrogens with zero attached hydrogens (tertiary/aromatic N) is 1. The van der Waals surface area contributed by atoms with E-state index in [4.69, 9.17) is 14.2 Å². The summed E-state index contributed by atoms with van der Waals surface area (Å²) in [7, 11) is 0. The maximum absolute atomic E-state index is 12.4. The third-order valence-corrected chi connectivity index (χ3v) is 4.40. The molecule has 6 nitrogen and oxygen atoms in total. The van der Waals surface area contributed by atoms with E-state index in [9.17, 15) is 4.79 Å². The smallest absolute Gasteiger partial charge is 0.284 e. The van der Waals surface area contributed by atoms with Gasteiger partial charge in [0.2, 0.25) is 6.10 Å². The Morgan fingerprint density at radius 2 is 1.93 bits per heavy atom. The van der Waals surface area contributed by atoms with Crippen molar-refractivity contribution in [3.63, 3.8) is 0 Å². The molecule has 4 rings (SSSR count). The molecular weight excluding hydrogens is 356 g/mol. The van der Waals surface area contributed by atoms with Crippen LogP contribution in [0.2, 0.25) is 0 Å². The van der Waals surface area contributed by atoms with Crippen LogP contribution in [0, 0.1) is 0 Å². The Morgan fingerprint density at radius 1 is 1.14 bits per heavy atom. The third kappa shape index (κ3) is 3.62. The molecule has 1 aliphatic rings. The van der Waals surface area contributed by atoms with Crippen molar-refractivity contribution in [2.45, 2.75) is 13.0 Å². The average molecular weight is 376 g/mol. The molecule has 0 aliphatic carbocycles. The van der Waals surface area contributed by atoms with Gasteiger partial charge < -0.3 is 14.2 Å². The molecule has 3 aromatic rings. The van der Waals surface area contributed by atoms with Crippen LogP contribution in [0.5, 0.6) is 17.2 Å². The van der Waals surface area contributed by atoms with Gasteiger partial charge in [0.05, 0.1) is 12.8 Å². The number of nitrogens with one attached hydrogen (secondary N) is 1. The monoisotopic (exact) mass is 376 g/mol. The molecule has 3 aromatic carbocycles. The summed E-state index contributed by atoms with van der Waals surface area (Å²) < 4.78 is 17.0. The fourth-order valence-electron chi connectivity index (χ4n) is 3.07. The Kier molecular flexibility index (Phi) is 5.10. The maximum Gasteiger partial charge on any atom is 0.284 e. The van der Waals surface area contributed by atoms with Crippen LogP contribution in [0.4, 0.5) is 0 Å². The van der Waals surface area contributed by atoms with Crippen LogP contribution >= 0.6 is 0 Å². The first-order valence-corrected chi connectivity index (χ1v) is 9.12. The summed E-state index contributed by atoms with van der Waals surface area (Å²) in [5.74, 6) is 1.52. The van der Waals surface area contributed by atoms with Gasteiger partial charge in [-0.3, -0.25) is 4.79 Å². The summed E-state index contributed by atoms with van der Waals surface area (Å²) in [5.41, 5.74) is 3.35. The van der Waals surface area contributed by atoms with E-state index in [-0.39, 0.29) is 12.5 Å². The minimum absolute atomic E-state index is 0.136. The lowest BCUT2D eigenvalue weighted by atomic mass is 10.0. The highest BCUT2D eigenvalue weighted by molar-refractivity contribution is 6.02. The number of rotatable bonds is 5. The summed E-state index contributed by atoms with van der Waals surface area (Å²) in [4.78, 5) is 12.4. The normalized spacial score (nSPS) is 15.5. The standard InChI is InChI=1S/C22H20N2O4/c1-2-26-18-12-11-15-7-3-4-8-16(15)17(18)13-23-24-22(25)21-14-27-19-9-5-6-10-20(19)28-21/h3-13,21H,2,14H2,1H3,(H,24,25)/b23-13-/t21-/m1/s1. The van der Waals surface area contributed by atoms with Crippen molar-refractivity contribution >= 4 is 22.9 Å². The van der Waals surface area contributed by atoms with Gasteiger partial charge >= 0.3 is 0 Å². The summed E-state index contributed by atoms with van der Waals surface area (Å²) in [6.45, 7) is 2.60. The number of amides is 1. The minimum atomic E-state index is -0.758. The maximum atomic E-state index is 12.4. The second kappa shape index (κ2) is 8.00. The van der Waals surface area contributed by atoms with Gasteiger partial charge in [0.1, 0.15) is 12.4 Å². The number of hydrogen-bond acceptors (Lipinski definition) is 5. The molecule has 0 radical (unpaired) electrons. The fourth-order valence-corrected chi connectivity index (χ4v) is 3.07.